The normalized spacial score (nSPS) is 13.3. The third kappa shape index (κ3) is 6.30. The van der Waals surface area contributed by atoms with Gasteiger partial charge in [-0.3, -0.25) is 0 Å². The fourth-order valence-corrected chi connectivity index (χ4v) is 3.00. The highest BCUT2D eigenvalue weighted by molar-refractivity contribution is 7.07. The Labute approximate surface area is 140 Å². The molecule has 0 bridgehead atoms. The van der Waals surface area contributed by atoms with E-state index < -0.39 is 0 Å². The molecule has 1 aromatic carbocycles. The van der Waals surface area contributed by atoms with Crippen molar-refractivity contribution in [3.63, 3.8) is 0 Å². The maximum atomic E-state index is 11.9. The van der Waals surface area contributed by atoms with Gasteiger partial charge in [0.15, 0.2) is 0 Å². The van der Waals surface area contributed by atoms with Crippen LogP contribution in [-0.4, -0.2) is 29.8 Å². The summed E-state index contributed by atoms with van der Waals surface area (Å²) >= 11 is 1.66. The van der Waals surface area contributed by atoms with Crippen molar-refractivity contribution in [2.75, 3.05) is 6.54 Å². The number of amides is 2. The van der Waals surface area contributed by atoms with Crippen molar-refractivity contribution < 1.29 is 9.90 Å². The molecule has 0 saturated heterocycles. The summed E-state index contributed by atoms with van der Waals surface area (Å²) in [7, 11) is 0. The van der Waals surface area contributed by atoms with Gasteiger partial charge in [0, 0.05) is 18.6 Å². The van der Waals surface area contributed by atoms with Crippen LogP contribution in [0.2, 0.25) is 0 Å². The highest BCUT2D eigenvalue weighted by atomic mass is 32.1. The standard InChI is InChI=1S/C17H23N3O2S/c1-12(8-14-6-7-23-11-14)20-17(22)19-10-15(18)9-13-2-4-16(21)5-3-13/h2-7,11-12,15,21H,8-10,18H2,1H3,(H2,19,20,22)/t12-,15-/m0/s1. The van der Waals surface area contributed by atoms with Crippen molar-refractivity contribution in [1.82, 2.24) is 10.6 Å². The van der Waals surface area contributed by atoms with E-state index in [0.717, 1.165) is 12.0 Å². The molecule has 2 amide bonds. The number of carbonyl (C=O) groups is 1. The molecule has 0 radical (unpaired) electrons. The summed E-state index contributed by atoms with van der Waals surface area (Å²) in [6.45, 7) is 2.38. The van der Waals surface area contributed by atoms with Gasteiger partial charge in [0.25, 0.3) is 0 Å². The number of phenolic OH excluding ortho intramolecular Hbond substituents is 1. The molecule has 5 nitrogen and oxygen atoms in total. The topological polar surface area (TPSA) is 87.4 Å². The Balaban J connectivity index is 1.67. The number of nitrogens with two attached hydrogens (primary N) is 1. The molecule has 2 aromatic rings. The fraction of sp³-hybridized carbons (Fsp3) is 0.353. The third-order valence-electron chi connectivity index (χ3n) is 3.46. The van der Waals surface area contributed by atoms with Gasteiger partial charge >= 0.3 is 6.03 Å². The molecule has 1 aromatic heterocycles. The lowest BCUT2D eigenvalue weighted by atomic mass is 10.1. The maximum absolute atomic E-state index is 11.9. The molecule has 6 heteroatoms. The highest BCUT2D eigenvalue weighted by Gasteiger charge is 2.10. The predicted octanol–water partition coefficient (Wildman–Crippen LogP) is 2.25. The molecular formula is C17H23N3O2S. The second-order valence-electron chi connectivity index (χ2n) is 5.72. The summed E-state index contributed by atoms with van der Waals surface area (Å²) in [6.07, 6.45) is 1.46. The Hall–Kier alpha value is -2.05. The molecule has 124 valence electrons. The summed E-state index contributed by atoms with van der Waals surface area (Å²) in [5, 5.41) is 19.1. The van der Waals surface area contributed by atoms with E-state index in [4.69, 9.17) is 5.73 Å². The Kier molecular flexibility index (Phi) is 6.43. The van der Waals surface area contributed by atoms with Crippen LogP contribution >= 0.6 is 11.3 Å². The fourth-order valence-electron chi connectivity index (χ4n) is 2.32. The van der Waals surface area contributed by atoms with Crippen LogP contribution in [0.3, 0.4) is 0 Å². The van der Waals surface area contributed by atoms with Crippen molar-refractivity contribution >= 4 is 17.4 Å². The van der Waals surface area contributed by atoms with E-state index in [1.54, 1.807) is 23.5 Å². The number of benzene rings is 1. The third-order valence-corrected chi connectivity index (χ3v) is 4.19. The lowest BCUT2D eigenvalue weighted by Crippen LogP contribution is -2.46. The number of nitrogens with one attached hydrogen (secondary N) is 2. The molecule has 0 spiro atoms. The average molecular weight is 333 g/mol. The Morgan fingerprint density at radius 3 is 2.61 bits per heavy atom. The summed E-state index contributed by atoms with van der Waals surface area (Å²) in [5.41, 5.74) is 8.29. The highest BCUT2D eigenvalue weighted by Crippen LogP contribution is 2.11. The number of phenols is 1. The zero-order valence-corrected chi connectivity index (χ0v) is 14.0. The van der Waals surface area contributed by atoms with Gasteiger partial charge in [0.05, 0.1) is 0 Å². The second kappa shape index (κ2) is 8.55. The van der Waals surface area contributed by atoms with E-state index in [-0.39, 0.29) is 23.9 Å². The number of rotatable bonds is 7. The van der Waals surface area contributed by atoms with Crippen molar-refractivity contribution in [3.8, 4) is 5.75 Å². The van der Waals surface area contributed by atoms with Crippen LogP contribution in [-0.2, 0) is 12.8 Å². The van der Waals surface area contributed by atoms with Crippen LogP contribution in [0.1, 0.15) is 18.1 Å². The first kappa shape index (κ1) is 17.3. The molecular weight excluding hydrogens is 310 g/mol. The van der Waals surface area contributed by atoms with Gasteiger partial charge in [-0.1, -0.05) is 12.1 Å². The minimum Gasteiger partial charge on any atom is -0.508 e. The van der Waals surface area contributed by atoms with Gasteiger partial charge in [0.1, 0.15) is 5.75 Å². The number of aromatic hydroxyl groups is 1. The Morgan fingerprint density at radius 1 is 1.22 bits per heavy atom. The number of hydrogen-bond donors (Lipinski definition) is 4. The van der Waals surface area contributed by atoms with Gasteiger partial charge in [-0.15, -0.1) is 0 Å². The second-order valence-corrected chi connectivity index (χ2v) is 6.50. The zero-order chi connectivity index (χ0) is 16.7. The molecule has 2 rings (SSSR count). The number of hydrogen-bond acceptors (Lipinski definition) is 4. The molecule has 1 heterocycles. The lowest BCUT2D eigenvalue weighted by molar-refractivity contribution is 0.237. The van der Waals surface area contributed by atoms with Gasteiger partial charge in [-0.25, -0.2) is 4.79 Å². The van der Waals surface area contributed by atoms with Crippen molar-refractivity contribution in [2.45, 2.75) is 31.8 Å². The van der Waals surface area contributed by atoms with E-state index in [1.807, 2.05) is 24.4 Å². The van der Waals surface area contributed by atoms with Crippen LogP contribution in [0.5, 0.6) is 5.75 Å². The minimum absolute atomic E-state index is 0.0675. The number of urea groups is 1. The van der Waals surface area contributed by atoms with Crippen LogP contribution in [0, 0.1) is 0 Å². The van der Waals surface area contributed by atoms with Crippen molar-refractivity contribution in [2.24, 2.45) is 5.73 Å². The zero-order valence-electron chi connectivity index (χ0n) is 13.2. The van der Waals surface area contributed by atoms with E-state index in [9.17, 15) is 9.90 Å². The van der Waals surface area contributed by atoms with Crippen LogP contribution in [0.25, 0.3) is 0 Å². The minimum atomic E-state index is -0.200. The summed E-state index contributed by atoms with van der Waals surface area (Å²) in [5.74, 6) is 0.236. The largest absolute Gasteiger partial charge is 0.508 e. The quantitative estimate of drug-likeness (QED) is 0.627. The molecule has 0 unspecified atom stereocenters. The summed E-state index contributed by atoms with van der Waals surface area (Å²) in [6, 6.07) is 8.69. The first-order valence-electron chi connectivity index (χ1n) is 7.62. The molecule has 0 fully saturated rings. The SMILES string of the molecule is C[C@@H](Cc1ccsc1)NC(=O)NC[C@@H](N)Cc1ccc(O)cc1. The number of thiophene rings is 1. The van der Waals surface area contributed by atoms with Crippen LogP contribution in [0.15, 0.2) is 41.1 Å². The molecule has 5 N–H and O–H groups in total. The van der Waals surface area contributed by atoms with Crippen molar-refractivity contribution in [3.05, 3.63) is 52.2 Å². The average Bonchev–Trinajstić information content (AvgIpc) is 3.00. The molecule has 0 aliphatic carbocycles. The van der Waals surface area contributed by atoms with Gasteiger partial charge < -0.3 is 21.5 Å². The van der Waals surface area contributed by atoms with Gasteiger partial charge in [-0.2, -0.15) is 11.3 Å². The van der Waals surface area contributed by atoms with Crippen LogP contribution < -0.4 is 16.4 Å². The van der Waals surface area contributed by atoms with Gasteiger partial charge in [0.2, 0.25) is 0 Å². The summed E-state index contributed by atoms with van der Waals surface area (Å²) < 4.78 is 0. The van der Waals surface area contributed by atoms with E-state index in [2.05, 4.69) is 22.1 Å². The maximum Gasteiger partial charge on any atom is 0.315 e. The monoisotopic (exact) mass is 333 g/mol. The van der Waals surface area contributed by atoms with E-state index in [0.29, 0.717) is 13.0 Å². The molecule has 2 atom stereocenters. The van der Waals surface area contributed by atoms with E-state index in [1.165, 1.54) is 5.56 Å². The lowest BCUT2D eigenvalue weighted by Gasteiger charge is -2.16. The first-order chi connectivity index (χ1) is 11.0. The molecule has 0 aliphatic heterocycles. The van der Waals surface area contributed by atoms with E-state index >= 15 is 0 Å². The predicted molar refractivity (Wildman–Crippen MR) is 93.8 cm³/mol. The van der Waals surface area contributed by atoms with Gasteiger partial charge in [-0.05, 0) is 59.9 Å². The smallest absolute Gasteiger partial charge is 0.315 e. The molecule has 0 saturated carbocycles. The first-order valence-corrected chi connectivity index (χ1v) is 8.56. The Bertz CT molecular complexity index is 599. The van der Waals surface area contributed by atoms with Crippen molar-refractivity contribution in [1.29, 1.82) is 0 Å². The molecule has 23 heavy (non-hydrogen) atoms. The summed E-state index contributed by atoms with van der Waals surface area (Å²) in [4.78, 5) is 11.9. The number of carbonyl (C=O) groups excluding carboxylic acids is 1. The van der Waals surface area contributed by atoms with Crippen LogP contribution in [0.4, 0.5) is 4.79 Å². The Morgan fingerprint density at radius 2 is 1.96 bits per heavy atom. The molecule has 0 aliphatic rings.